The normalized spacial score (nSPS) is 10.3. The summed E-state index contributed by atoms with van der Waals surface area (Å²) in [6, 6.07) is 16.9. The fraction of sp³-hybridized carbons (Fsp3) is 0.182. The molecule has 0 radical (unpaired) electrons. The van der Waals surface area contributed by atoms with Crippen LogP contribution in [0.2, 0.25) is 0 Å². The van der Waals surface area contributed by atoms with E-state index in [2.05, 4.69) is 17.2 Å². The summed E-state index contributed by atoms with van der Waals surface area (Å²) in [5.41, 5.74) is 2.69. The maximum atomic E-state index is 12.2. The smallest absolute Gasteiger partial charge is 0.262 e. The quantitative estimate of drug-likeness (QED) is 0.658. The molecule has 0 aliphatic heterocycles. The third kappa shape index (κ3) is 5.07. The van der Waals surface area contributed by atoms with Crippen LogP contribution in [-0.4, -0.2) is 17.5 Å². The van der Waals surface area contributed by atoms with Crippen LogP contribution in [0.3, 0.4) is 0 Å². The number of anilines is 1. The second-order valence-electron chi connectivity index (χ2n) is 6.07. The summed E-state index contributed by atoms with van der Waals surface area (Å²) in [6.07, 6.45) is 4.20. The first-order valence-corrected chi connectivity index (χ1v) is 8.85. The molecule has 1 aromatic heterocycles. The number of nitrogens with one attached hydrogen (secondary N) is 1. The molecule has 27 heavy (non-hydrogen) atoms. The lowest BCUT2D eigenvalue weighted by Crippen LogP contribution is -2.20. The molecule has 0 aliphatic rings. The van der Waals surface area contributed by atoms with Crippen LogP contribution in [0, 0.1) is 6.92 Å². The number of pyridine rings is 1. The van der Waals surface area contributed by atoms with Crippen molar-refractivity contribution in [2.45, 2.75) is 20.3 Å². The van der Waals surface area contributed by atoms with Crippen molar-refractivity contribution >= 4 is 11.6 Å². The molecule has 0 bridgehead atoms. The van der Waals surface area contributed by atoms with E-state index in [9.17, 15) is 4.79 Å². The number of carbonyl (C=O) groups excluding carboxylic acids is 1. The Morgan fingerprint density at radius 3 is 2.67 bits per heavy atom. The molecule has 1 N–H and O–H groups in total. The Morgan fingerprint density at radius 1 is 1.07 bits per heavy atom. The molecule has 2 aromatic carbocycles. The second-order valence-corrected chi connectivity index (χ2v) is 6.07. The van der Waals surface area contributed by atoms with Crippen LogP contribution in [0.15, 0.2) is 67.0 Å². The van der Waals surface area contributed by atoms with Crippen LogP contribution in [0.25, 0.3) is 0 Å². The average molecular weight is 362 g/mol. The highest BCUT2D eigenvalue weighted by atomic mass is 16.5. The van der Waals surface area contributed by atoms with Crippen LogP contribution in [0.1, 0.15) is 18.1 Å². The van der Waals surface area contributed by atoms with Gasteiger partial charge in [-0.2, -0.15) is 0 Å². The highest BCUT2D eigenvalue weighted by Gasteiger charge is 2.08. The van der Waals surface area contributed by atoms with Gasteiger partial charge in [-0.3, -0.25) is 9.78 Å². The van der Waals surface area contributed by atoms with Crippen molar-refractivity contribution in [1.82, 2.24) is 4.98 Å². The van der Waals surface area contributed by atoms with Gasteiger partial charge in [0.05, 0.1) is 6.20 Å². The number of benzene rings is 2. The fourth-order valence-electron chi connectivity index (χ4n) is 2.65. The van der Waals surface area contributed by atoms with Gasteiger partial charge in [0, 0.05) is 11.9 Å². The molecule has 1 heterocycles. The van der Waals surface area contributed by atoms with Crippen molar-refractivity contribution in [3.05, 3.63) is 78.1 Å². The van der Waals surface area contributed by atoms with E-state index in [-0.39, 0.29) is 12.5 Å². The topological polar surface area (TPSA) is 60.5 Å². The number of para-hydroxylation sites is 1. The molecule has 5 heteroatoms. The van der Waals surface area contributed by atoms with Crippen LogP contribution in [0.5, 0.6) is 17.2 Å². The Bertz CT molecular complexity index is 910. The first-order chi connectivity index (χ1) is 13.2. The van der Waals surface area contributed by atoms with E-state index in [1.807, 2.05) is 55.5 Å². The molecule has 0 atom stereocenters. The lowest BCUT2D eigenvalue weighted by atomic mass is 10.1. The van der Waals surface area contributed by atoms with E-state index in [0.29, 0.717) is 17.2 Å². The van der Waals surface area contributed by atoms with E-state index >= 15 is 0 Å². The van der Waals surface area contributed by atoms with Gasteiger partial charge < -0.3 is 14.8 Å². The molecular formula is C22H22N2O3. The molecule has 3 aromatic rings. The van der Waals surface area contributed by atoms with Gasteiger partial charge in [0.25, 0.3) is 5.91 Å². The van der Waals surface area contributed by atoms with Gasteiger partial charge in [-0.15, -0.1) is 0 Å². The molecule has 0 unspecified atom stereocenters. The highest BCUT2D eigenvalue weighted by Crippen LogP contribution is 2.26. The third-order valence-electron chi connectivity index (χ3n) is 4.03. The lowest BCUT2D eigenvalue weighted by Gasteiger charge is -2.12. The Morgan fingerprint density at radius 2 is 1.93 bits per heavy atom. The Labute approximate surface area is 159 Å². The molecule has 0 saturated carbocycles. The zero-order valence-electron chi connectivity index (χ0n) is 15.4. The number of amides is 1. The fourth-order valence-corrected chi connectivity index (χ4v) is 2.65. The van der Waals surface area contributed by atoms with Crippen molar-refractivity contribution in [3.63, 3.8) is 0 Å². The van der Waals surface area contributed by atoms with Crippen molar-refractivity contribution in [1.29, 1.82) is 0 Å². The summed E-state index contributed by atoms with van der Waals surface area (Å²) in [5, 5.41) is 2.85. The molecule has 0 fully saturated rings. The van der Waals surface area contributed by atoms with Gasteiger partial charge in [0.2, 0.25) is 0 Å². The van der Waals surface area contributed by atoms with Gasteiger partial charge in [-0.05, 0) is 60.9 Å². The van der Waals surface area contributed by atoms with Gasteiger partial charge in [0.15, 0.2) is 6.61 Å². The Kier molecular flexibility index (Phi) is 6.05. The van der Waals surface area contributed by atoms with Gasteiger partial charge in [-0.1, -0.05) is 25.1 Å². The molecule has 0 aliphatic carbocycles. The molecule has 0 saturated heterocycles. The third-order valence-corrected chi connectivity index (χ3v) is 4.03. The van der Waals surface area contributed by atoms with Crippen molar-refractivity contribution in [3.8, 4) is 17.2 Å². The Hall–Kier alpha value is -3.34. The summed E-state index contributed by atoms with van der Waals surface area (Å²) >= 11 is 0. The van der Waals surface area contributed by atoms with Crippen molar-refractivity contribution in [2.75, 3.05) is 11.9 Å². The lowest BCUT2D eigenvalue weighted by molar-refractivity contribution is -0.118. The number of rotatable bonds is 7. The summed E-state index contributed by atoms with van der Waals surface area (Å²) in [5.74, 6) is 1.92. The average Bonchev–Trinajstić information content (AvgIpc) is 2.69. The van der Waals surface area contributed by atoms with Crippen LogP contribution in [0.4, 0.5) is 5.69 Å². The summed E-state index contributed by atoms with van der Waals surface area (Å²) in [4.78, 5) is 16.2. The first kappa shape index (κ1) is 18.5. The molecule has 1 amide bonds. The maximum Gasteiger partial charge on any atom is 0.262 e. The summed E-state index contributed by atoms with van der Waals surface area (Å²) in [6.45, 7) is 3.94. The number of hydrogen-bond acceptors (Lipinski definition) is 4. The summed E-state index contributed by atoms with van der Waals surface area (Å²) < 4.78 is 11.5. The number of nitrogens with zero attached hydrogens (tertiary/aromatic N) is 1. The van der Waals surface area contributed by atoms with E-state index in [4.69, 9.17) is 9.47 Å². The first-order valence-electron chi connectivity index (χ1n) is 8.85. The number of ether oxygens (including phenoxy) is 2. The Balaban J connectivity index is 1.59. The number of hydrogen-bond donors (Lipinski definition) is 1. The van der Waals surface area contributed by atoms with Crippen LogP contribution in [-0.2, 0) is 11.2 Å². The molecule has 3 rings (SSSR count). The van der Waals surface area contributed by atoms with Crippen molar-refractivity contribution < 1.29 is 14.3 Å². The highest BCUT2D eigenvalue weighted by molar-refractivity contribution is 5.92. The van der Waals surface area contributed by atoms with Crippen LogP contribution < -0.4 is 14.8 Å². The van der Waals surface area contributed by atoms with E-state index in [1.54, 1.807) is 18.5 Å². The van der Waals surface area contributed by atoms with E-state index in [1.165, 1.54) is 0 Å². The minimum Gasteiger partial charge on any atom is -0.483 e. The number of carbonyl (C=O) groups is 1. The zero-order valence-corrected chi connectivity index (χ0v) is 15.4. The second kappa shape index (κ2) is 8.85. The largest absolute Gasteiger partial charge is 0.483 e. The minimum absolute atomic E-state index is 0.0377. The number of aryl methyl sites for hydroxylation is 2. The van der Waals surface area contributed by atoms with E-state index < -0.39 is 0 Å². The number of aromatic nitrogens is 1. The van der Waals surface area contributed by atoms with E-state index in [0.717, 1.165) is 23.3 Å². The molecule has 5 nitrogen and oxygen atoms in total. The predicted molar refractivity (Wildman–Crippen MR) is 105 cm³/mol. The van der Waals surface area contributed by atoms with Gasteiger partial charge >= 0.3 is 0 Å². The van der Waals surface area contributed by atoms with Gasteiger partial charge in [-0.25, -0.2) is 0 Å². The SMILES string of the molecule is CCc1ccccc1OCC(=O)Nc1ccc(Oc2cccnc2)c(C)c1. The van der Waals surface area contributed by atoms with Crippen LogP contribution >= 0.6 is 0 Å². The summed E-state index contributed by atoms with van der Waals surface area (Å²) in [7, 11) is 0. The molecule has 0 spiro atoms. The minimum atomic E-state index is -0.207. The van der Waals surface area contributed by atoms with Crippen molar-refractivity contribution in [2.24, 2.45) is 0 Å². The van der Waals surface area contributed by atoms with Gasteiger partial charge in [0.1, 0.15) is 17.2 Å². The standard InChI is InChI=1S/C22H22N2O3/c1-3-17-7-4-5-9-21(17)26-15-22(25)24-18-10-11-20(16(2)13-18)27-19-8-6-12-23-14-19/h4-14H,3,15H2,1-2H3,(H,24,25). The monoisotopic (exact) mass is 362 g/mol. The predicted octanol–water partition coefficient (Wildman–Crippen LogP) is 4.76. The molecular weight excluding hydrogens is 340 g/mol. The zero-order chi connectivity index (χ0) is 19.1. The molecule has 138 valence electrons. The maximum absolute atomic E-state index is 12.2.